The molecular weight excluding hydrogens is 494 g/mol. The van der Waals surface area contributed by atoms with Gasteiger partial charge in [-0.15, -0.1) is 10.2 Å². The van der Waals surface area contributed by atoms with Gasteiger partial charge in [-0.3, -0.25) is 19.2 Å². The molecule has 0 spiro atoms. The molecule has 1 aliphatic rings. The van der Waals surface area contributed by atoms with Gasteiger partial charge in [-0.05, 0) is 0 Å². The van der Waals surface area contributed by atoms with Crippen LogP contribution in [0.3, 0.4) is 0 Å². The minimum Gasteiger partial charge on any atom is -0.455 e. The molecule has 182 valence electrons. The first kappa shape index (κ1) is 26.5. The Hall–Kier alpha value is -2.72. The van der Waals surface area contributed by atoms with Crippen molar-refractivity contribution in [3.05, 3.63) is 11.6 Å². The van der Waals surface area contributed by atoms with Crippen LogP contribution in [-0.2, 0) is 42.9 Å². The lowest BCUT2D eigenvalue weighted by atomic mass is 10.0. The molecule has 1 aliphatic heterocycles. The van der Waals surface area contributed by atoms with Gasteiger partial charge >= 0.3 is 23.9 Å². The van der Waals surface area contributed by atoms with Crippen LogP contribution in [0, 0.1) is 11.6 Å². The lowest BCUT2D eigenvalue weighted by molar-refractivity contribution is -0.280. The SMILES string of the molecule is CC(=O)OC1OC(Sc2nnc(OS)c(F)c2F)C(OC(C)=O)C(OC(C)=O)C1OC(C)=O. The van der Waals surface area contributed by atoms with Gasteiger partial charge in [0, 0.05) is 40.6 Å². The number of carbonyl (C=O) groups excluding carboxylic acids is 4. The third kappa shape index (κ3) is 6.88. The van der Waals surface area contributed by atoms with Crippen molar-refractivity contribution in [3.63, 3.8) is 0 Å². The Morgan fingerprint density at radius 1 is 0.818 bits per heavy atom. The average Bonchev–Trinajstić information content (AvgIpc) is 2.69. The van der Waals surface area contributed by atoms with Crippen LogP contribution in [0.2, 0.25) is 0 Å². The van der Waals surface area contributed by atoms with Crippen LogP contribution >= 0.6 is 24.7 Å². The fraction of sp³-hybridized carbons (Fsp3) is 0.529. The maximum absolute atomic E-state index is 14.4. The van der Waals surface area contributed by atoms with Gasteiger partial charge in [0.15, 0.2) is 28.5 Å². The summed E-state index contributed by atoms with van der Waals surface area (Å²) in [7, 11) is 0. The van der Waals surface area contributed by atoms with Crippen LogP contribution in [0.15, 0.2) is 5.03 Å². The van der Waals surface area contributed by atoms with E-state index in [4.69, 9.17) is 23.7 Å². The molecule has 2 rings (SSSR count). The van der Waals surface area contributed by atoms with Gasteiger partial charge < -0.3 is 27.9 Å². The minimum absolute atomic E-state index is 0.366. The van der Waals surface area contributed by atoms with Crippen LogP contribution in [0.1, 0.15) is 27.7 Å². The lowest BCUT2D eigenvalue weighted by Crippen LogP contribution is -2.61. The lowest BCUT2D eigenvalue weighted by Gasteiger charge is -2.43. The monoisotopic (exact) mass is 512 g/mol. The van der Waals surface area contributed by atoms with Crippen LogP contribution in [0.25, 0.3) is 0 Å². The molecule has 0 radical (unpaired) electrons. The average molecular weight is 512 g/mol. The van der Waals surface area contributed by atoms with Gasteiger partial charge in [0.05, 0.1) is 0 Å². The highest BCUT2D eigenvalue weighted by Crippen LogP contribution is 2.38. The second-order valence-corrected chi connectivity index (χ2v) is 7.62. The van der Waals surface area contributed by atoms with E-state index in [-0.39, 0.29) is 0 Å². The first-order valence-corrected chi connectivity index (χ1v) is 10.2. The van der Waals surface area contributed by atoms with Crippen molar-refractivity contribution in [2.75, 3.05) is 0 Å². The van der Waals surface area contributed by atoms with E-state index in [1.54, 1.807) is 0 Å². The van der Waals surface area contributed by atoms with Gasteiger partial charge in [-0.25, -0.2) is 4.39 Å². The summed E-state index contributed by atoms with van der Waals surface area (Å²) in [4.78, 5) is 46.6. The molecule has 0 N–H and O–H groups in total. The second-order valence-electron chi connectivity index (χ2n) is 6.35. The van der Waals surface area contributed by atoms with Crippen LogP contribution in [0.4, 0.5) is 8.78 Å². The topological polar surface area (TPSA) is 149 Å². The maximum atomic E-state index is 14.4. The third-order valence-electron chi connectivity index (χ3n) is 3.75. The number of rotatable bonds is 7. The van der Waals surface area contributed by atoms with Gasteiger partial charge in [-0.1, -0.05) is 11.8 Å². The molecule has 16 heteroatoms. The molecule has 1 aromatic heterocycles. The molecule has 5 atom stereocenters. The van der Waals surface area contributed by atoms with Crippen molar-refractivity contribution in [1.29, 1.82) is 0 Å². The molecule has 1 fully saturated rings. The zero-order valence-corrected chi connectivity index (χ0v) is 19.2. The van der Waals surface area contributed by atoms with Crippen molar-refractivity contribution < 1.29 is 55.8 Å². The van der Waals surface area contributed by atoms with E-state index in [1.807, 2.05) is 0 Å². The van der Waals surface area contributed by atoms with Crippen molar-refractivity contribution in [2.45, 2.75) is 62.8 Å². The molecule has 1 saturated heterocycles. The Bertz CT molecular complexity index is 937. The summed E-state index contributed by atoms with van der Waals surface area (Å²) in [6, 6.07) is 0. The quantitative estimate of drug-likeness (QED) is 0.241. The maximum Gasteiger partial charge on any atom is 0.305 e. The number of hydrogen-bond acceptors (Lipinski definition) is 14. The highest BCUT2D eigenvalue weighted by molar-refractivity contribution is 7.99. The first-order chi connectivity index (χ1) is 15.4. The second kappa shape index (κ2) is 11.4. The van der Waals surface area contributed by atoms with Crippen LogP contribution < -0.4 is 4.18 Å². The van der Waals surface area contributed by atoms with Crippen molar-refractivity contribution in [1.82, 2.24) is 10.2 Å². The Morgan fingerprint density at radius 3 is 1.85 bits per heavy atom. The van der Waals surface area contributed by atoms with E-state index in [9.17, 15) is 28.0 Å². The largest absolute Gasteiger partial charge is 0.455 e. The number of aromatic nitrogens is 2. The fourth-order valence-corrected chi connectivity index (χ4v) is 3.83. The molecule has 2 heterocycles. The number of nitrogens with zero attached hydrogens (tertiary/aromatic N) is 2. The number of esters is 4. The van der Waals surface area contributed by atoms with Gasteiger partial charge in [0.25, 0.3) is 5.88 Å². The first-order valence-electron chi connectivity index (χ1n) is 8.98. The smallest absolute Gasteiger partial charge is 0.305 e. The summed E-state index contributed by atoms with van der Waals surface area (Å²) in [5.74, 6) is -7.36. The standard InChI is InChI=1S/C17H18F2N2O10S2/c1-5(22)26-11-12(27-6(2)23)16(29-8(4)25)30-17(13(11)28-7(3)24)33-15-10(19)9(18)14(31-32)20-21-15/h11-13,16-17,32H,1-4H3. The Morgan fingerprint density at radius 2 is 1.33 bits per heavy atom. The summed E-state index contributed by atoms with van der Waals surface area (Å²) in [6.07, 6.45) is -6.35. The summed E-state index contributed by atoms with van der Waals surface area (Å²) < 4.78 is 58.8. The highest BCUT2D eigenvalue weighted by Gasteiger charge is 2.54. The molecule has 0 aromatic carbocycles. The Kier molecular flexibility index (Phi) is 9.18. The fourth-order valence-electron chi connectivity index (χ4n) is 2.70. The number of halogens is 2. The molecular formula is C17H18F2N2O10S2. The molecule has 0 bridgehead atoms. The number of thioether (sulfide) groups is 1. The molecule has 33 heavy (non-hydrogen) atoms. The van der Waals surface area contributed by atoms with E-state index < -0.39 is 76.5 Å². The van der Waals surface area contributed by atoms with E-state index in [0.717, 1.165) is 27.7 Å². The van der Waals surface area contributed by atoms with E-state index in [2.05, 4.69) is 27.3 Å². The normalized spacial score (nSPS) is 24.4. The Balaban J connectivity index is 2.52. The Labute approximate surface area is 195 Å². The third-order valence-corrected chi connectivity index (χ3v) is 5.02. The zero-order chi connectivity index (χ0) is 24.9. The predicted octanol–water partition coefficient (Wildman–Crippen LogP) is 1.11. The number of ether oxygens (including phenoxy) is 5. The van der Waals surface area contributed by atoms with Gasteiger partial charge in [0.1, 0.15) is 0 Å². The van der Waals surface area contributed by atoms with Crippen molar-refractivity contribution in [3.8, 4) is 5.88 Å². The summed E-state index contributed by atoms with van der Waals surface area (Å²) in [5, 5.41) is 6.10. The highest BCUT2D eigenvalue weighted by atomic mass is 32.2. The number of hydrogen-bond donors (Lipinski definition) is 1. The zero-order valence-electron chi connectivity index (χ0n) is 17.5. The van der Waals surface area contributed by atoms with Crippen molar-refractivity contribution >= 4 is 48.5 Å². The predicted molar refractivity (Wildman–Crippen MR) is 105 cm³/mol. The van der Waals surface area contributed by atoms with Gasteiger partial charge in [-0.2, -0.15) is 4.39 Å². The van der Waals surface area contributed by atoms with E-state index in [0.29, 0.717) is 11.8 Å². The summed E-state index contributed by atoms with van der Waals surface area (Å²) >= 11 is 3.70. The van der Waals surface area contributed by atoms with Crippen molar-refractivity contribution in [2.24, 2.45) is 0 Å². The molecule has 0 amide bonds. The van der Waals surface area contributed by atoms with Crippen LogP contribution in [-0.4, -0.2) is 64.1 Å². The van der Waals surface area contributed by atoms with Crippen LogP contribution in [0.5, 0.6) is 5.88 Å². The number of thiol groups is 1. The molecule has 0 aliphatic carbocycles. The minimum atomic E-state index is -1.68. The summed E-state index contributed by atoms with van der Waals surface area (Å²) in [5.41, 5.74) is -1.50. The number of carbonyl (C=O) groups is 4. The summed E-state index contributed by atoms with van der Waals surface area (Å²) in [6.45, 7) is 4.08. The van der Waals surface area contributed by atoms with Gasteiger partial charge in [0.2, 0.25) is 18.2 Å². The molecule has 1 aromatic rings. The van der Waals surface area contributed by atoms with E-state index >= 15 is 0 Å². The molecule has 0 saturated carbocycles. The molecule has 12 nitrogen and oxygen atoms in total. The molecule has 5 unspecified atom stereocenters. The van der Waals surface area contributed by atoms with E-state index in [1.165, 1.54) is 0 Å².